The first-order chi connectivity index (χ1) is 14.3. The molecule has 0 spiro atoms. The second kappa shape index (κ2) is 6.80. The highest BCUT2D eigenvalue weighted by atomic mass is 32.2. The molecule has 0 unspecified atom stereocenters. The van der Waals surface area contributed by atoms with Gasteiger partial charge in [0, 0.05) is 5.56 Å². The smallest absolute Gasteiger partial charge is 0.263 e. The Kier molecular flexibility index (Phi) is 4.43. The van der Waals surface area contributed by atoms with Crippen LogP contribution in [0.3, 0.4) is 0 Å². The van der Waals surface area contributed by atoms with Gasteiger partial charge in [0.15, 0.2) is 0 Å². The summed E-state index contributed by atoms with van der Waals surface area (Å²) in [4.78, 5) is 29.9. The van der Waals surface area contributed by atoms with Crippen LogP contribution in [0.5, 0.6) is 0 Å². The molecule has 5 aliphatic rings. The van der Waals surface area contributed by atoms with Crippen molar-refractivity contribution in [3.8, 4) is 0 Å². The molecule has 2 amide bonds. The Hall–Kier alpha value is -2.42. The zero-order valence-corrected chi connectivity index (χ0v) is 17.7. The van der Waals surface area contributed by atoms with Gasteiger partial charge in [-0.3, -0.25) is 30.2 Å². The van der Waals surface area contributed by atoms with Crippen LogP contribution >= 0.6 is 0 Å². The van der Waals surface area contributed by atoms with Gasteiger partial charge >= 0.3 is 0 Å². The van der Waals surface area contributed by atoms with Crippen molar-refractivity contribution in [2.24, 2.45) is 28.2 Å². The number of carbonyl (C=O) groups excluding carboxylic acids is 2. The Labute approximate surface area is 175 Å². The van der Waals surface area contributed by atoms with Crippen LogP contribution in [0.1, 0.15) is 51.0 Å². The number of rotatable bonds is 3. The summed E-state index contributed by atoms with van der Waals surface area (Å²) in [6, 6.07) is 5.62. The summed E-state index contributed by atoms with van der Waals surface area (Å²) >= 11 is 0. The van der Waals surface area contributed by atoms with Crippen molar-refractivity contribution in [2.75, 3.05) is 0 Å². The van der Waals surface area contributed by atoms with Crippen LogP contribution in [0.25, 0.3) is 0 Å². The van der Waals surface area contributed by atoms with Gasteiger partial charge in [-0.15, -0.1) is 0 Å². The first-order valence-corrected chi connectivity index (χ1v) is 12.0. The highest BCUT2D eigenvalue weighted by Gasteiger charge is 2.54. The summed E-state index contributed by atoms with van der Waals surface area (Å²) < 4.78 is 26.8. The number of nitrogens with zero attached hydrogens (tertiary/aromatic N) is 1. The second-order valence-electron chi connectivity index (χ2n) is 9.40. The molecule has 1 aliphatic heterocycles. The molecule has 0 aromatic heterocycles. The maximum Gasteiger partial charge on any atom is 0.263 e. The number of fused-ring (bicyclic) bond motifs is 1. The topological polar surface area (TPSA) is 117 Å². The molecule has 30 heavy (non-hydrogen) atoms. The number of hydrogen-bond acceptors (Lipinski definition) is 5. The minimum absolute atomic E-state index is 0.0956. The van der Waals surface area contributed by atoms with Crippen molar-refractivity contribution >= 4 is 27.7 Å². The number of amides is 2. The van der Waals surface area contributed by atoms with Crippen LogP contribution in [0.4, 0.5) is 0 Å². The number of hydrogen-bond donors (Lipinski definition) is 3. The van der Waals surface area contributed by atoms with Crippen LogP contribution in [-0.4, -0.2) is 32.1 Å². The quantitative estimate of drug-likeness (QED) is 0.630. The van der Waals surface area contributed by atoms with Crippen LogP contribution in [0, 0.1) is 23.2 Å². The van der Waals surface area contributed by atoms with Crippen molar-refractivity contribution in [3.05, 3.63) is 29.8 Å². The van der Waals surface area contributed by atoms with E-state index in [9.17, 15) is 18.0 Å². The van der Waals surface area contributed by atoms with Gasteiger partial charge in [-0.2, -0.15) is 0 Å². The van der Waals surface area contributed by atoms with Crippen LogP contribution in [0.2, 0.25) is 0 Å². The molecule has 9 heteroatoms. The third-order valence-corrected chi connectivity index (χ3v) is 8.58. The molecule has 3 N–H and O–H groups in total. The van der Waals surface area contributed by atoms with E-state index >= 15 is 0 Å². The molecule has 1 aromatic rings. The standard InChI is InChI=1S/C21H26N4O4S/c1-12(22-18-16-4-2-3-5-17(16)30(28,29)25-18)19(26)23-24-20(27)21-9-13-6-14(10-21)8-15(7-13)11-21/h2-5,12-15H,6-11H2,1H3,(H,22,25)(H,23,26)(H,24,27)/t12-,13?,14?,15?,21?/m0/s1. The average molecular weight is 431 g/mol. The molecular formula is C21H26N4O4S. The van der Waals surface area contributed by atoms with Crippen molar-refractivity contribution in [3.63, 3.8) is 0 Å². The lowest BCUT2D eigenvalue weighted by molar-refractivity contribution is -0.149. The van der Waals surface area contributed by atoms with Crippen molar-refractivity contribution in [1.82, 2.24) is 15.6 Å². The Morgan fingerprint density at radius 3 is 2.30 bits per heavy atom. The molecule has 4 aliphatic carbocycles. The molecule has 4 bridgehead atoms. The van der Waals surface area contributed by atoms with E-state index in [2.05, 4.69) is 20.6 Å². The summed E-state index contributed by atoms with van der Waals surface area (Å²) in [6.45, 7) is 1.56. The zero-order chi connectivity index (χ0) is 21.1. The van der Waals surface area contributed by atoms with Crippen molar-refractivity contribution in [2.45, 2.75) is 56.4 Å². The molecule has 160 valence electrons. The van der Waals surface area contributed by atoms with E-state index in [-0.39, 0.29) is 22.1 Å². The fourth-order valence-electron chi connectivity index (χ4n) is 6.23. The molecule has 6 rings (SSSR count). The molecule has 8 nitrogen and oxygen atoms in total. The summed E-state index contributed by atoms with van der Waals surface area (Å²) in [5, 5.41) is 0. The SMILES string of the molecule is C[C@H](N=C1NS(=O)(=O)c2ccccc21)C(=O)NNC(=O)C12CC3CC(CC(C3)C1)C2. The Balaban J connectivity index is 1.24. The minimum atomic E-state index is -3.66. The molecule has 0 saturated heterocycles. The number of benzene rings is 1. The Morgan fingerprint density at radius 1 is 1.07 bits per heavy atom. The maximum absolute atomic E-state index is 13.0. The minimum Gasteiger partial charge on any atom is -0.273 e. The van der Waals surface area contributed by atoms with Crippen LogP contribution in [0.15, 0.2) is 34.2 Å². The van der Waals surface area contributed by atoms with Crippen LogP contribution in [-0.2, 0) is 19.6 Å². The van der Waals surface area contributed by atoms with Crippen molar-refractivity contribution in [1.29, 1.82) is 0 Å². The lowest BCUT2D eigenvalue weighted by atomic mass is 9.49. The molecule has 1 aromatic carbocycles. The van der Waals surface area contributed by atoms with Gasteiger partial charge in [0.25, 0.3) is 15.9 Å². The monoisotopic (exact) mass is 430 g/mol. The number of carbonyl (C=O) groups is 2. The zero-order valence-electron chi connectivity index (χ0n) is 16.8. The fourth-order valence-corrected chi connectivity index (χ4v) is 7.47. The average Bonchev–Trinajstić information content (AvgIpc) is 2.95. The predicted octanol–water partition coefficient (Wildman–Crippen LogP) is 1.48. The number of nitrogens with one attached hydrogen (secondary N) is 3. The predicted molar refractivity (Wildman–Crippen MR) is 110 cm³/mol. The highest BCUT2D eigenvalue weighted by molar-refractivity contribution is 7.90. The lowest BCUT2D eigenvalue weighted by Crippen LogP contribution is -2.57. The molecule has 0 radical (unpaired) electrons. The highest BCUT2D eigenvalue weighted by Crippen LogP contribution is 2.60. The first-order valence-electron chi connectivity index (χ1n) is 10.6. The molecule has 4 saturated carbocycles. The molecule has 4 fully saturated rings. The lowest BCUT2D eigenvalue weighted by Gasteiger charge is -2.55. The Morgan fingerprint density at radius 2 is 1.67 bits per heavy atom. The van der Waals surface area contributed by atoms with E-state index < -0.39 is 22.0 Å². The summed E-state index contributed by atoms with van der Waals surface area (Å²) in [5.41, 5.74) is 5.23. The van der Waals surface area contributed by atoms with E-state index in [1.807, 2.05) is 0 Å². The van der Waals surface area contributed by atoms with Gasteiger partial charge in [-0.05, 0) is 75.3 Å². The summed E-state index contributed by atoms with van der Waals surface area (Å²) in [7, 11) is -3.66. The summed E-state index contributed by atoms with van der Waals surface area (Å²) in [5.74, 6) is 1.47. The van der Waals surface area contributed by atoms with E-state index in [0.717, 1.165) is 19.3 Å². The van der Waals surface area contributed by atoms with Crippen LogP contribution < -0.4 is 15.6 Å². The molecule has 1 heterocycles. The molecular weight excluding hydrogens is 404 g/mol. The van der Waals surface area contributed by atoms with Gasteiger partial charge in [0.05, 0.1) is 10.3 Å². The van der Waals surface area contributed by atoms with E-state index in [0.29, 0.717) is 23.3 Å². The third kappa shape index (κ3) is 3.19. The van der Waals surface area contributed by atoms with Gasteiger partial charge in [-0.1, -0.05) is 12.1 Å². The molecule has 1 atom stereocenters. The van der Waals surface area contributed by atoms with E-state index in [1.54, 1.807) is 25.1 Å². The van der Waals surface area contributed by atoms with E-state index in [1.165, 1.54) is 25.3 Å². The van der Waals surface area contributed by atoms with Crippen molar-refractivity contribution < 1.29 is 18.0 Å². The number of amidine groups is 1. The number of hydrazine groups is 1. The second-order valence-corrected chi connectivity index (χ2v) is 11.0. The maximum atomic E-state index is 13.0. The van der Waals surface area contributed by atoms with Gasteiger partial charge in [-0.25, -0.2) is 8.42 Å². The summed E-state index contributed by atoms with van der Waals surface area (Å²) in [6.07, 6.45) is 6.46. The van der Waals surface area contributed by atoms with Gasteiger partial charge < -0.3 is 0 Å². The normalized spacial score (nSPS) is 34.8. The number of sulfonamides is 1. The van der Waals surface area contributed by atoms with E-state index in [4.69, 9.17) is 0 Å². The number of aliphatic imine (C=N–C) groups is 1. The largest absolute Gasteiger partial charge is 0.273 e. The van der Waals surface area contributed by atoms with Gasteiger partial charge in [0.1, 0.15) is 11.9 Å². The first kappa shape index (κ1) is 19.5. The fraction of sp³-hybridized carbons (Fsp3) is 0.571. The Bertz CT molecular complexity index is 1010. The third-order valence-electron chi connectivity index (χ3n) is 7.18. The van der Waals surface area contributed by atoms with Gasteiger partial charge in [0.2, 0.25) is 5.91 Å².